The second-order valence-electron chi connectivity index (χ2n) is 4.22. The van der Waals surface area contributed by atoms with E-state index in [4.69, 9.17) is 0 Å². The first-order valence-electron chi connectivity index (χ1n) is 6.00. The molecule has 0 aliphatic carbocycles. The molecular formula is C12H19NO5. The molecule has 0 N–H and O–H groups in total. The summed E-state index contributed by atoms with van der Waals surface area (Å²) in [6.45, 7) is 1.87. The number of ether oxygens (including phenoxy) is 2. The van der Waals surface area contributed by atoms with Crippen molar-refractivity contribution in [2.45, 2.75) is 44.7 Å². The highest BCUT2D eigenvalue weighted by atomic mass is 16.5. The predicted molar refractivity (Wildman–Crippen MR) is 62.6 cm³/mol. The minimum Gasteiger partial charge on any atom is -0.469 e. The normalized spacial score (nSPS) is 20.7. The molecule has 18 heavy (non-hydrogen) atoms. The Morgan fingerprint density at radius 2 is 2.06 bits per heavy atom. The molecule has 0 aromatic carbocycles. The molecule has 0 aromatic rings. The van der Waals surface area contributed by atoms with E-state index in [9.17, 15) is 14.4 Å². The van der Waals surface area contributed by atoms with E-state index in [1.165, 1.54) is 19.1 Å². The second-order valence-corrected chi connectivity index (χ2v) is 4.22. The quantitative estimate of drug-likeness (QED) is 0.670. The number of likely N-dealkylation sites (tertiary alicyclic amines) is 1. The Morgan fingerprint density at radius 3 is 2.56 bits per heavy atom. The lowest BCUT2D eigenvalue weighted by Gasteiger charge is -2.30. The van der Waals surface area contributed by atoms with Gasteiger partial charge in [-0.2, -0.15) is 0 Å². The SMILES string of the molecule is CCC(CC(=O)OC)N1C(=O)CCC1C(=O)OC. The highest BCUT2D eigenvalue weighted by molar-refractivity contribution is 5.88. The molecule has 2 unspecified atom stereocenters. The molecule has 0 radical (unpaired) electrons. The van der Waals surface area contributed by atoms with E-state index in [1.54, 1.807) is 0 Å². The third kappa shape index (κ3) is 3.00. The van der Waals surface area contributed by atoms with Gasteiger partial charge < -0.3 is 14.4 Å². The summed E-state index contributed by atoms with van der Waals surface area (Å²) in [6, 6.07) is -0.881. The summed E-state index contributed by atoms with van der Waals surface area (Å²) in [7, 11) is 2.60. The van der Waals surface area contributed by atoms with Gasteiger partial charge in [-0.1, -0.05) is 6.92 Å². The number of hydrogen-bond acceptors (Lipinski definition) is 5. The molecule has 1 rings (SSSR count). The Balaban J connectivity index is 2.83. The number of carbonyl (C=O) groups is 3. The van der Waals surface area contributed by atoms with Crippen LogP contribution in [0, 0.1) is 0 Å². The molecule has 102 valence electrons. The Morgan fingerprint density at radius 1 is 1.39 bits per heavy atom. The molecule has 1 fully saturated rings. The highest BCUT2D eigenvalue weighted by Gasteiger charge is 2.40. The van der Waals surface area contributed by atoms with Crippen molar-refractivity contribution in [1.82, 2.24) is 4.90 Å². The largest absolute Gasteiger partial charge is 0.469 e. The van der Waals surface area contributed by atoms with Gasteiger partial charge in [-0.15, -0.1) is 0 Å². The fourth-order valence-corrected chi connectivity index (χ4v) is 2.24. The molecule has 1 saturated heterocycles. The summed E-state index contributed by atoms with van der Waals surface area (Å²) < 4.78 is 9.30. The summed E-state index contributed by atoms with van der Waals surface area (Å²) in [5, 5.41) is 0. The van der Waals surface area contributed by atoms with E-state index in [2.05, 4.69) is 9.47 Å². The van der Waals surface area contributed by atoms with E-state index in [1.807, 2.05) is 6.92 Å². The van der Waals surface area contributed by atoms with Crippen LogP contribution in [0.25, 0.3) is 0 Å². The maximum Gasteiger partial charge on any atom is 0.328 e. The zero-order valence-electron chi connectivity index (χ0n) is 11.0. The number of rotatable bonds is 5. The van der Waals surface area contributed by atoms with Gasteiger partial charge in [-0.05, 0) is 12.8 Å². The molecular weight excluding hydrogens is 238 g/mol. The lowest BCUT2D eigenvalue weighted by molar-refractivity contribution is -0.153. The van der Waals surface area contributed by atoms with Crippen molar-refractivity contribution >= 4 is 17.8 Å². The fourth-order valence-electron chi connectivity index (χ4n) is 2.24. The molecule has 6 heteroatoms. The van der Waals surface area contributed by atoms with Crippen LogP contribution in [0.1, 0.15) is 32.6 Å². The molecule has 2 atom stereocenters. The number of methoxy groups -OCH3 is 2. The van der Waals surface area contributed by atoms with E-state index >= 15 is 0 Å². The fraction of sp³-hybridized carbons (Fsp3) is 0.750. The van der Waals surface area contributed by atoms with Crippen molar-refractivity contribution in [3.8, 4) is 0 Å². The van der Waals surface area contributed by atoms with Gasteiger partial charge in [0.05, 0.1) is 20.6 Å². The maximum atomic E-state index is 11.8. The average Bonchev–Trinajstić information content (AvgIpc) is 2.76. The van der Waals surface area contributed by atoms with Crippen LogP contribution in [0.5, 0.6) is 0 Å². The molecule has 0 saturated carbocycles. The van der Waals surface area contributed by atoms with Crippen LogP contribution in [0.15, 0.2) is 0 Å². The molecule has 0 bridgehead atoms. The number of carbonyl (C=O) groups excluding carboxylic acids is 3. The van der Waals surface area contributed by atoms with Crippen LogP contribution in [-0.4, -0.2) is 49.0 Å². The van der Waals surface area contributed by atoms with Crippen LogP contribution in [0.3, 0.4) is 0 Å². The first-order chi connectivity index (χ1) is 8.54. The van der Waals surface area contributed by atoms with Gasteiger partial charge in [-0.25, -0.2) is 4.79 Å². The zero-order valence-corrected chi connectivity index (χ0v) is 11.0. The maximum absolute atomic E-state index is 11.8. The van der Waals surface area contributed by atoms with Crippen molar-refractivity contribution < 1.29 is 23.9 Å². The first kappa shape index (κ1) is 14.5. The molecule has 1 amide bonds. The Bertz CT molecular complexity index is 341. The highest BCUT2D eigenvalue weighted by Crippen LogP contribution is 2.25. The van der Waals surface area contributed by atoms with Crippen molar-refractivity contribution in [3.05, 3.63) is 0 Å². The second kappa shape index (κ2) is 6.37. The van der Waals surface area contributed by atoms with Crippen LogP contribution in [0.2, 0.25) is 0 Å². The molecule has 0 aromatic heterocycles. The van der Waals surface area contributed by atoms with Gasteiger partial charge in [-0.3, -0.25) is 9.59 Å². The smallest absolute Gasteiger partial charge is 0.328 e. The van der Waals surface area contributed by atoms with Crippen molar-refractivity contribution in [2.75, 3.05) is 14.2 Å². The molecule has 1 heterocycles. The summed E-state index contributed by atoms with van der Waals surface area (Å²) in [6.07, 6.45) is 1.46. The minimum absolute atomic E-state index is 0.103. The minimum atomic E-state index is -0.572. The topological polar surface area (TPSA) is 72.9 Å². The van der Waals surface area contributed by atoms with Crippen LogP contribution in [-0.2, 0) is 23.9 Å². The van der Waals surface area contributed by atoms with E-state index < -0.39 is 12.0 Å². The summed E-state index contributed by atoms with van der Waals surface area (Å²) in [4.78, 5) is 36.2. The molecule has 6 nitrogen and oxygen atoms in total. The standard InChI is InChI=1S/C12H19NO5/c1-4-8(7-11(15)17-2)13-9(12(16)18-3)5-6-10(13)14/h8-9H,4-7H2,1-3H3. The van der Waals surface area contributed by atoms with E-state index in [0.717, 1.165) is 0 Å². The Hall–Kier alpha value is -1.59. The zero-order chi connectivity index (χ0) is 13.7. The number of esters is 2. The summed E-state index contributed by atoms with van der Waals surface area (Å²) in [5.74, 6) is -0.921. The Kier molecular flexibility index (Phi) is 5.12. The van der Waals surface area contributed by atoms with Gasteiger partial charge >= 0.3 is 11.9 Å². The van der Waals surface area contributed by atoms with Crippen molar-refractivity contribution in [2.24, 2.45) is 0 Å². The third-order valence-corrected chi connectivity index (χ3v) is 3.22. The van der Waals surface area contributed by atoms with Crippen LogP contribution in [0.4, 0.5) is 0 Å². The van der Waals surface area contributed by atoms with Crippen molar-refractivity contribution in [1.29, 1.82) is 0 Å². The average molecular weight is 257 g/mol. The lowest BCUT2D eigenvalue weighted by Crippen LogP contribution is -2.46. The molecule has 0 spiro atoms. The first-order valence-corrected chi connectivity index (χ1v) is 6.00. The number of amides is 1. The predicted octanol–water partition coefficient (Wildman–Crippen LogP) is 0.492. The van der Waals surface area contributed by atoms with E-state index in [-0.39, 0.29) is 24.3 Å². The number of nitrogens with zero attached hydrogens (tertiary/aromatic N) is 1. The monoisotopic (exact) mass is 257 g/mol. The van der Waals surface area contributed by atoms with Gasteiger partial charge in [0.15, 0.2) is 0 Å². The van der Waals surface area contributed by atoms with Crippen LogP contribution < -0.4 is 0 Å². The third-order valence-electron chi connectivity index (χ3n) is 3.22. The Labute approximate surface area is 106 Å². The van der Waals surface area contributed by atoms with Crippen LogP contribution >= 0.6 is 0 Å². The lowest BCUT2D eigenvalue weighted by atomic mass is 10.1. The van der Waals surface area contributed by atoms with Gasteiger partial charge in [0.25, 0.3) is 0 Å². The molecule has 1 aliphatic heterocycles. The van der Waals surface area contributed by atoms with Gasteiger partial charge in [0, 0.05) is 12.5 Å². The molecule has 1 aliphatic rings. The summed E-state index contributed by atoms with van der Waals surface area (Å²) in [5.41, 5.74) is 0. The van der Waals surface area contributed by atoms with Gasteiger partial charge in [0.1, 0.15) is 6.04 Å². The number of hydrogen-bond donors (Lipinski definition) is 0. The van der Waals surface area contributed by atoms with Crippen molar-refractivity contribution in [3.63, 3.8) is 0 Å². The van der Waals surface area contributed by atoms with E-state index in [0.29, 0.717) is 19.3 Å². The summed E-state index contributed by atoms with van der Waals surface area (Å²) >= 11 is 0. The van der Waals surface area contributed by atoms with Gasteiger partial charge in [0.2, 0.25) is 5.91 Å².